The van der Waals surface area contributed by atoms with Crippen LogP contribution in [-0.4, -0.2) is 39.7 Å². The average molecular weight is 260 g/mol. The fourth-order valence-corrected chi connectivity index (χ4v) is 2.16. The molecule has 0 aliphatic rings. The molecule has 3 aromatic heterocycles. The van der Waals surface area contributed by atoms with Gasteiger partial charge in [0, 0.05) is 19.4 Å². The molecule has 0 fully saturated rings. The van der Waals surface area contributed by atoms with E-state index >= 15 is 0 Å². The van der Waals surface area contributed by atoms with E-state index in [1.165, 1.54) is 6.33 Å². The highest BCUT2D eigenvalue weighted by Gasteiger charge is 2.20. The summed E-state index contributed by atoms with van der Waals surface area (Å²) in [5, 5.41) is 18.4. The highest BCUT2D eigenvalue weighted by Crippen LogP contribution is 2.23. The maximum atomic E-state index is 9.92. The Morgan fingerprint density at radius 2 is 2.05 bits per heavy atom. The summed E-state index contributed by atoms with van der Waals surface area (Å²) in [5.74, 6) is 0.707. The van der Waals surface area contributed by atoms with Gasteiger partial charge in [-0.05, 0) is 13.8 Å². The van der Waals surface area contributed by atoms with Gasteiger partial charge in [0.25, 0.3) is 0 Å². The van der Waals surface area contributed by atoms with Crippen LogP contribution in [0.5, 0.6) is 0 Å². The Bertz CT molecular complexity index is 714. The van der Waals surface area contributed by atoms with Gasteiger partial charge in [-0.2, -0.15) is 10.2 Å². The molecule has 0 saturated carbocycles. The average Bonchev–Trinajstić information content (AvgIpc) is 2.95. The van der Waals surface area contributed by atoms with Crippen LogP contribution in [0.2, 0.25) is 0 Å². The number of aliphatic hydroxyl groups is 1. The molecule has 1 N–H and O–H groups in total. The van der Waals surface area contributed by atoms with Gasteiger partial charge in [0.1, 0.15) is 12.0 Å². The van der Waals surface area contributed by atoms with E-state index < -0.39 is 5.60 Å². The lowest BCUT2D eigenvalue weighted by molar-refractivity contribution is 0.0582. The molecular weight excluding hydrogens is 244 g/mol. The monoisotopic (exact) mass is 260 g/mol. The maximum absolute atomic E-state index is 9.92. The molecule has 19 heavy (non-hydrogen) atoms. The van der Waals surface area contributed by atoms with Gasteiger partial charge in [-0.15, -0.1) is 0 Å². The number of nitrogens with zero attached hydrogens (tertiary/aromatic N) is 6. The maximum Gasteiger partial charge on any atom is 0.163 e. The van der Waals surface area contributed by atoms with Crippen LogP contribution < -0.4 is 0 Å². The number of imidazole rings is 1. The van der Waals surface area contributed by atoms with E-state index in [4.69, 9.17) is 0 Å². The van der Waals surface area contributed by atoms with E-state index in [1.54, 1.807) is 29.2 Å². The SMILES string of the molecule is Cn1ccn2ncc(-c3ncnn3CC(C)(C)O)c12. The summed E-state index contributed by atoms with van der Waals surface area (Å²) in [5.41, 5.74) is 1.00. The molecule has 0 aromatic carbocycles. The van der Waals surface area contributed by atoms with E-state index in [-0.39, 0.29) is 0 Å². The second kappa shape index (κ2) is 3.92. The Morgan fingerprint density at radius 3 is 2.79 bits per heavy atom. The van der Waals surface area contributed by atoms with Crippen LogP contribution in [0.1, 0.15) is 13.8 Å². The molecule has 0 amide bonds. The number of hydrogen-bond acceptors (Lipinski definition) is 4. The molecule has 100 valence electrons. The van der Waals surface area contributed by atoms with Crippen molar-refractivity contribution < 1.29 is 5.11 Å². The van der Waals surface area contributed by atoms with Crippen LogP contribution in [0, 0.1) is 0 Å². The molecule has 3 aromatic rings. The molecule has 0 spiro atoms. The lowest BCUT2D eigenvalue weighted by Gasteiger charge is -2.17. The van der Waals surface area contributed by atoms with Gasteiger partial charge < -0.3 is 9.67 Å². The molecule has 0 saturated heterocycles. The Morgan fingerprint density at radius 1 is 1.26 bits per heavy atom. The van der Waals surface area contributed by atoms with Crippen LogP contribution in [0.15, 0.2) is 24.9 Å². The van der Waals surface area contributed by atoms with Gasteiger partial charge >= 0.3 is 0 Å². The van der Waals surface area contributed by atoms with Gasteiger partial charge in [-0.25, -0.2) is 14.2 Å². The van der Waals surface area contributed by atoms with Gasteiger partial charge in [-0.1, -0.05) is 0 Å². The summed E-state index contributed by atoms with van der Waals surface area (Å²) >= 11 is 0. The van der Waals surface area contributed by atoms with E-state index in [9.17, 15) is 5.11 Å². The summed E-state index contributed by atoms with van der Waals surface area (Å²) in [4.78, 5) is 4.29. The quantitative estimate of drug-likeness (QED) is 0.752. The van der Waals surface area contributed by atoms with Crippen molar-refractivity contribution in [1.82, 2.24) is 28.9 Å². The molecule has 0 radical (unpaired) electrons. The summed E-state index contributed by atoms with van der Waals surface area (Å²) in [6.07, 6.45) is 7.08. The number of aryl methyl sites for hydroxylation is 1. The Labute approximate surface area is 110 Å². The van der Waals surface area contributed by atoms with Crippen LogP contribution in [-0.2, 0) is 13.6 Å². The van der Waals surface area contributed by atoms with E-state index in [2.05, 4.69) is 15.2 Å². The Balaban J connectivity index is 2.12. The minimum absolute atomic E-state index is 0.379. The van der Waals surface area contributed by atoms with Crippen LogP contribution in [0.4, 0.5) is 0 Å². The lowest BCUT2D eigenvalue weighted by Crippen LogP contribution is -2.27. The first-order valence-corrected chi connectivity index (χ1v) is 6.05. The zero-order valence-electron chi connectivity index (χ0n) is 11.1. The lowest BCUT2D eigenvalue weighted by atomic mass is 10.1. The third-order valence-corrected chi connectivity index (χ3v) is 2.93. The summed E-state index contributed by atoms with van der Waals surface area (Å²) < 4.78 is 5.47. The Kier molecular flexibility index (Phi) is 2.46. The van der Waals surface area contributed by atoms with E-state index in [0.29, 0.717) is 12.4 Å². The fraction of sp³-hybridized carbons (Fsp3) is 0.417. The zero-order chi connectivity index (χ0) is 13.6. The molecular formula is C12H16N6O. The molecule has 0 unspecified atom stereocenters. The second-order valence-corrected chi connectivity index (χ2v) is 5.29. The van der Waals surface area contributed by atoms with E-state index in [0.717, 1.165) is 11.2 Å². The highest BCUT2D eigenvalue weighted by atomic mass is 16.3. The van der Waals surface area contributed by atoms with E-state index in [1.807, 2.05) is 24.0 Å². The first-order valence-electron chi connectivity index (χ1n) is 6.05. The van der Waals surface area contributed by atoms with Gasteiger partial charge in [0.15, 0.2) is 5.82 Å². The first kappa shape index (κ1) is 11.9. The minimum atomic E-state index is -0.844. The van der Waals surface area contributed by atoms with Gasteiger partial charge in [-0.3, -0.25) is 0 Å². The third kappa shape index (κ3) is 2.01. The van der Waals surface area contributed by atoms with Crippen molar-refractivity contribution >= 4 is 5.65 Å². The smallest absolute Gasteiger partial charge is 0.163 e. The van der Waals surface area contributed by atoms with Crippen molar-refractivity contribution in [2.45, 2.75) is 26.0 Å². The molecule has 3 heterocycles. The molecule has 3 rings (SSSR count). The fourth-order valence-electron chi connectivity index (χ4n) is 2.16. The highest BCUT2D eigenvalue weighted by molar-refractivity contribution is 5.72. The van der Waals surface area contributed by atoms with Crippen molar-refractivity contribution in [1.29, 1.82) is 0 Å². The topological polar surface area (TPSA) is 73.2 Å². The third-order valence-electron chi connectivity index (χ3n) is 2.93. The van der Waals surface area contributed by atoms with Crippen LogP contribution >= 0.6 is 0 Å². The van der Waals surface area contributed by atoms with Crippen molar-refractivity contribution in [2.75, 3.05) is 0 Å². The molecule has 7 nitrogen and oxygen atoms in total. The number of rotatable bonds is 3. The zero-order valence-corrected chi connectivity index (χ0v) is 11.1. The number of hydrogen-bond donors (Lipinski definition) is 1. The number of aromatic nitrogens is 6. The summed E-state index contributed by atoms with van der Waals surface area (Å²) in [6, 6.07) is 0. The first-order chi connectivity index (χ1) is 8.96. The molecule has 0 aliphatic carbocycles. The van der Waals surface area contributed by atoms with Crippen molar-refractivity contribution in [3.63, 3.8) is 0 Å². The molecule has 7 heteroatoms. The van der Waals surface area contributed by atoms with Crippen molar-refractivity contribution in [2.24, 2.45) is 7.05 Å². The summed E-state index contributed by atoms with van der Waals surface area (Å²) in [6.45, 7) is 3.87. The standard InChI is InChI=1S/C12H16N6O/c1-12(2,19)7-18-10(13-8-15-18)9-6-14-17-5-4-16(3)11(9)17/h4-6,8,19H,7H2,1-3H3. The normalized spacial score (nSPS) is 12.4. The molecule has 0 bridgehead atoms. The van der Waals surface area contributed by atoms with Crippen LogP contribution in [0.25, 0.3) is 17.0 Å². The number of fused-ring (bicyclic) bond motifs is 1. The predicted molar refractivity (Wildman–Crippen MR) is 69.5 cm³/mol. The van der Waals surface area contributed by atoms with Gasteiger partial charge in [0.05, 0.1) is 23.9 Å². The second-order valence-electron chi connectivity index (χ2n) is 5.29. The Hall–Kier alpha value is -2.15. The van der Waals surface area contributed by atoms with Crippen molar-refractivity contribution in [3.8, 4) is 11.4 Å². The molecule has 0 atom stereocenters. The summed E-state index contributed by atoms with van der Waals surface area (Å²) in [7, 11) is 1.96. The van der Waals surface area contributed by atoms with Gasteiger partial charge in [0.2, 0.25) is 0 Å². The molecule has 0 aliphatic heterocycles. The predicted octanol–water partition coefficient (Wildman–Crippen LogP) is 0.702. The minimum Gasteiger partial charge on any atom is -0.389 e. The van der Waals surface area contributed by atoms with Crippen molar-refractivity contribution in [3.05, 3.63) is 24.9 Å². The van der Waals surface area contributed by atoms with Crippen LogP contribution in [0.3, 0.4) is 0 Å². The largest absolute Gasteiger partial charge is 0.389 e.